The van der Waals surface area contributed by atoms with Crippen LogP contribution in [0.25, 0.3) is 0 Å². The molecule has 0 aromatic heterocycles. The number of hydrogen-bond donors (Lipinski definition) is 0. The van der Waals surface area contributed by atoms with E-state index in [0.717, 1.165) is 25.7 Å². The van der Waals surface area contributed by atoms with Crippen LogP contribution in [0.2, 0.25) is 10.6 Å². The van der Waals surface area contributed by atoms with Gasteiger partial charge in [-0.2, -0.15) is 0 Å². The van der Waals surface area contributed by atoms with Gasteiger partial charge in [0.2, 0.25) is 0 Å². The van der Waals surface area contributed by atoms with Crippen LogP contribution in [0, 0.1) is 0 Å². The van der Waals surface area contributed by atoms with Crippen molar-refractivity contribution >= 4 is 50.6 Å². The van der Waals surface area contributed by atoms with Crippen molar-refractivity contribution in [3.05, 3.63) is 144 Å². The summed E-state index contributed by atoms with van der Waals surface area (Å²) in [6, 6.07) is 41.0. The number of hydrogen-bond acceptors (Lipinski definition) is 2. The Morgan fingerprint density at radius 2 is 0.610 bits per heavy atom. The van der Waals surface area contributed by atoms with Crippen LogP contribution in [0.1, 0.15) is 22.3 Å². The summed E-state index contributed by atoms with van der Waals surface area (Å²) in [6.07, 6.45) is 11.8. The molecule has 0 fully saturated rings. The second-order valence-corrected chi connectivity index (χ2v) is 25.1. The number of aryl methyl sites for hydroxylation is 4. The molecule has 0 aliphatic heterocycles. The first-order chi connectivity index (χ1) is 20.0. The molecular formula is C36H44P2S2Se. The summed E-state index contributed by atoms with van der Waals surface area (Å²) in [7, 11) is 0. The third-order valence-electron chi connectivity index (χ3n) is 7.89. The van der Waals surface area contributed by atoms with Crippen LogP contribution in [0.5, 0.6) is 0 Å². The van der Waals surface area contributed by atoms with Crippen LogP contribution < -0.4 is 0 Å². The van der Waals surface area contributed by atoms with Crippen molar-refractivity contribution in [1.29, 1.82) is 0 Å². The van der Waals surface area contributed by atoms with E-state index in [2.05, 4.69) is 121 Å². The Balaban J connectivity index is 1.31. The van der Waals surface area contributed by atoms with Crippen LogP contribution in [0.3, 0.4) is 0 Å². The molecule has 5 heteroatoms. The van der Waals surface area contributed by atoms with E-state index in [1.807, 2.05) is 0 Å². The van der Waals surface area contributed by atoms with E-state index in [1.54, 1.807) is 0 Å². The van der Waals surface area contributed by atoms with Gasteiger partial charge in [-0.15, -0.1) is 0 Å². The zero-order valence-corrected chi connectivity index (χ0v) is 29.3. The van der Waals surface area contributed by atoms with E-state index in [4.69, 9.17) is 23.6 Å². The normalized spacial score (nSPS) is 11.9. The van der Waals surface area contributed by atoms with E-state index in [9.17, 15) is 0 Å². The van der Waals surface area contributed by atoms with Gasteiger partial charge in [0.1, 0.15) is 0 Å². The minimum absolute atomic E-state index is 0.632. The van der Waals surface area contributed by atoms with Gasteiger partial charge in [-0.05, 0) is 0 Å². The molecule has 4 rings (SSSR count). The Bertz CT molecular complexity index is 1160. The van der Waals surface area contributed by atoms with Gasteiger partial charge in [0.25, 0.3) is 0 Å². The van der Waals surface area contributed by atoms with Crippen molar-refractivity contribution < 1.29 is 0 Å². The Morgan fingerprint density at radius 1 is 0.366 bits per heavy atom. The molecule has 0 amide bonds. The molecule has 4 aromatic rings. The number of rotatable bonds is 18. The molecule has 0 spiro atoms. The van der Waals surface area contributed by atoms with E-state index in [1.165, 1.54) is 69.9 Å². The van der Waals surface area contributed by atoms with Gasteiger partial charge in [0.05, 0.1) is 0 Å². The molecule has 41 heavy (non-hydrogen) atoms. The third-order valence-corrected chi connectivity index (χ3v) is 20.8. The fraction of sp³-hybridized carbons (Fsp3) is 0.333. The maximum atomic E-state index is 6.52. The average molecular weight is 682 g/mol. The third kappa shape index (κ3) is 12.5. The molecular weight excluding hydrogens is 637 g/mol. The molecule has 0 bridgehead atoms. The summed E-state index contributed by atoms with van der Waals surface area (Å²) < 4.78 is 0. The number of benzene rings is 4. The van der Waals surface area contributed by atoms with Crippen LogP contribution in [-0.4, -0.2) is 51.9 Å². The minimum atomic E-state index is -1.40. The van der Waals surface area contributed by atoms with Crippen molar-refractivity contribution in [1.82, 2.24) is 0 Å². The molecule has 0 atom stereocenters. The molecule has 0 unspecified atom stereocenters. The molecule has 0 saturated heterocycles. The van der Waals surface area contributed by atoms with E-state index >= 15 is 0 Å². The van der Waals surface area contributed by atoms with E-state index in [-0.39, 0.29) is 0 Å². The van der Waals surface area contributed by atoms with Crippen LogP contribution in [0.4, 0.5) is 0 Å². The summed E-state index contributed by atoms with van der Waals surface area (Å²) >= 11 is 13.7. The van der Waals surface area contributed by atoms with Gasteiger partial charge in [0.15, 0.2) is 0 Å². The Morgan fingerprint density at radius 3 is 0.854 bits per heavy atom. The van der Waals surface area contributed by atoms with Gasteiger partial charge >= 0.3 is 268 Å². The molecule has 0 aliphatic rings. The topological polar surface area (TPSA) is 0 Å². The Kier molecular flexibility index (Phi) is 14.1. The second-order valence-electron chi connectivity index (χ2n) is 11.0. The Hall–Kier alpha value is -1.30. The first-order valence-electron chi connectivity index (χ1n) is 14.9. The monoisotopic (exact) mass is 682 g/mol. The zero-order valence-electron chi connectivity index (χ0n) is 24.2. The van der Waals surface area contributed by atoms with Crippen molar-refractivity contribution in [3.8, 4) is 0 Å². The summed E-state index contributed by atoms with van der Waals surface area (Å²) in [5.74, 6) is 0. The standard InChI is InChI=1S/C36H44P2S2Se/c39-37(25-21-33-13-5-1-6-14-33,26-22-34-15-7-2-8-16-34)29-31-41-32-30-38(40,27-23-35-17-9-3-10-18-35)28-24-36-19-11-4-12-20-36/h1-20H,21-32H2. The van der Waals surface area contributed by atoms with Crippen molar-refractivity contribution in [2.75, 3.05) is 37.0 Å². The van der Waals surface area contributed by atoms with Crippen molar-refractivity contribution in [2.24, 2.45) is 0 Å². The van der Waals surface area contributed by atoms with E-state index < -0.39 is 12.1 Å². The van der Waals surface area contributed by atoms with Crippen LogP contribution in [-0.2, 0) is 49.3 Å². The second kappa shape index (κ2) is 17.7. The Labute approximate surface area is 266 Å². The summed E-state index contributed by atoms with van der Waals surface area (Å²) in [4.78, 5) is 0. The summed E-state index contributed by atoms with van der Waals surface area (Å²) in [6.45, 7) is 0. The summed E-state index contributed by atoms with van der Waals surface area (Å²) in [5, 5.41) is 2.64. The van der Waals surface area contributed by atoms with Crippen LogP contribution >= 0.6 is 12.1 Å². The quantitative estimate of drug-likeness (QED) is 0.0583. The van der Waals surface area contributed by atoms with Crippen molar-refractivity contribution in [3.63, 3.8) is 0 Å². The van der Waals surface area contributed by atoms with Gasteiger partial charge in [-0.1, -0.05) is 0 Å². The maximum absolute atomic E-state index is 6.52. The molecule has 0 radical (unpaired) electrons. The zero-order chi connectivity index (χ0) is 28.6. The predicted molar refractivity (Wildman–Crippen MR) is 194 cm³/mol. The summed E-state index contributed by atoms with van der Waals surface area (Å²) in [5.41, 5.74) is 5.74. The SMILES string of the molecule is S=P(CC[Se]CCP(=S)(CCc1ccccc1)CCc1ccccc1)(CCc1ccccc1)CCc1ccccc1. The fourth-order valence-corrected chi connectivity index (χ4v) is 19.7. The average Bonchev–Trinajstić information content (AvgIpc) is 3.03. The predicted octanol–water partition coefficient (Wildman–Crippen LogP) is 9.46. The molecule has 4 aromatic carbocycles. The first kappa shape index (κ1) is 32.6. The van der Waals surface area contributed by atoms with E-state index in [0.29, 0.717) is 15.0 Å². The fourth-order valence-electron chi connectivity index (χ4n) is 5.14. The van der Waals surface area contributed by atoms with Crippen molar-refractivity contribution in [2.45, 2.75) is 36.3 Å². The van der Waals surface area contributed by atoms with Gasteiger partial charge < -0.3 is 0 Å². The molecule has 0 N–H and O–H groups in total. The van der Waals surface area contributed by atoms with Crippen LogP contribution in [0.15, 0.2) is 121 Å². The molecule has 216 valence electrons. The van der Waals surface area contributed by atoms with Gasteiger partial charge in [-0.3, -0.25) is 0 Å². The molecule has 0 heterocycles. The first-order valence-corrected chi connectivity index (χ1v) is 24.0. The molecule has 0 saturated carbocycles. The van der Waals surface area contributed by atoms with Gasteiger partial charge in [0, 0.05) is 0 Å². The molecule has 0 aliphatic carbocycles. The van der Waals surface area contributed by atoms with Gasteiger partial charge in [-0.25, -0.2) is 0 Å². The molecule has 0 nitrogen and oxygen atoms in total.